The lowest BCUT2D eigenvalue weighted by Gasteiger charge is -2.21. The van der Waals surface area contributed by atoms with Crippen molar-refractivity contribution in [2.75, 3.05) is 13.2 Å². The Bertz CT molecular complexity index is 305. The van der Waals surface area contributed by atoms with E-state index in [2.05, 4.69) is 0 Å². The zero-order chi connectivity index (χ0) is 13.1. The molecule has 4 nitrogen and oxygen atoms in total. The minimum absolute atomic E-state index is 0.0427. The van der Waals surface area contributed by atoms with Gasteiger partial charge in [0.2, 0.25) is 11.8 Å². The third-order valence-corrected chi connectivity index (χ3v) is 4.49. The van der Waals surface area contributed by atoms with E-state index in [1.54, 1.807) is 0 Å². The van der Waals surface area contributed by atoms with E-state index in [-0.39, 0.29) is 36.2 Å². The lowest BCUT2D eigenvalue weighted by Crippen LogP contribution is -2.35. The first-order valence-electron chi connectivity index (χ1n) is 7.15. The molecule has 2 amide bonds. The van der Waals surface area contributed by atoms with Crippen LogP contribution in [0.3, 0.4) is 0 Å². The third kappa shape index (κ3) is 2.44. The second-order valence-electron chi connectivity index (χ2n) is 5.57. The van der Waals surface area contributed by atoms with Crippen molar-refractivity contribution in [3.05, 3.63) is 0 Å². The van der Waals surface area contributed by atoms with E-state index in [1.165, 1.54) is 4.90 Å². The Balaban J connectivity index is 2.04. The number of amides is 2. The highest BCUT2D eigenvalue weighted by Crippen LogP contribution is 2.38. The number of imide groups is 1. The number of nitrogens with zero attached hydrogens (tertiary/aromatic N) is 1. The summed E-state index contributed by atoms with van der Waals surface area (Å²) in [7, 11) is 0. The van der Waals surface area contributed by atoms with E-state index >= 15 is 0 Å². The van der Waals surface area contributed by atoms with Gasteiger partial charge in [0.15, 0.2) is 0 Å². The fourth-order valence-electron chi connectivity index (χ4n) is 3.28. The highest BCUT2D eigenvalue weighted by molar-refractivity contribution is 6.05. The first kappa shape index (κ1) is 13.5. The Hall–Kier alpha value is -0.900. The molecule has 3 unspecified atom stereocenters. The summed E-state index contributed by atoms with van der Waals surface area (Å²) in [4.78, 5) is 26.0. The maximum Gasteiger partial charge on any atom is 0.233 e. The minimum atomic E-state index is -0.0436. The van der Waals surface area contributed by atoms with E-state index in [0.29, 0.717) is 13.0 Å². The Morgan fingerprint density at radius 3 is 2.22 bits per heavy atom. The van der Waals surface area contributed by atoms with Crippen LogP contribution in [0.25, 0.3) is 0 Å². The van der Waals surface area contributed by atoms with Crippen molar-refractivity contribution in [2.45, 2.75) is 45.4 Å². The summed E-state index contributed by atoms with van der Waals surface area (Å²) < 4.78 is 0. The summed E-state index contributed by atoms with van der Waals surface area (Å²) >= 11 is 0. The van der Waals surface area contributed by atoms with Crippen molar-refractivity contribution in [3.63, 3.8) is 0 Å². The largest absolute Gasteiger partial charge is 0.396 e. The van der Waals surface area contributed by atoms with Crippen LogP contribution in [0.5, 0.6) is 0 Å². The molecule has 2 fully saturated rings. The second kappa shape index (κ2) is 5.83. The molecule has 0 aromatic carbocycles. The lowest BCUT2D eigenvalue weighted by atomic mass is 9.81. The summed E-state index contributed by atoms with van der Waals surface area (Å²) in [6.07, 6.45) is 5.46. The van der Waals surface area contributed by atoms with E-state index in [0.717, 1.165) is 32.1 Å². The van der Waals surface area contributed by atoms with Crippen LogP contribution in [0.2, 0.25) is 0 Å². The van der Waals surface area contributed by atoms with Crippen molar-refractivity contribution >= 4 is 11.8 Å². The number of hydrogen-bond donors (Lipinski definition) is 1. The van der Waals surface area contributed by atoms with Gasteiger partial charge in [0, 0.05) is 13.2 Å². The number of fused-ring (bicyclic) bond motifs is 1. The predicted molar refractivity (Wildman–Crippen MR) is 67.7 cm³/mol. The van der Waals surface area contributed by atoms with E-state index in [4.69, 9.17) is 5.11 Å². The van der Waals surface area contributed by atoms with E-state index < -0.39 is 0 Å². The zero-order valence-electron chi connectivity index (χ0n) is 11.1. The van der Waals surface area contributed by atoms with Gasteiger partial charge in [0.1, 0.15) is 0 Å². The van der Waals surface area contributed by atoms with Gasteiger partial charge in [-0.05, 0) is 25.2 Å². The molecule has 1 aliphatic heterocycles. The van der Waals surface area contributed by atoms with Gasteiger partial charge in [-0.1, -0.05) is 26.2 Å². The molecule has 1 saturated carbocycles. The SMILES string of the molecule is CCC(CCO)CN1C(=O)C2CCCCC2C1=O. The van der Waals surface area contributed by atoms with Crippen LogP contribution >= 0.6 is 0 Å². The molecule has 2 aliphatic rings. The molecule has 102 valence electrons. The maximum absolute atomic E-state index is 12.2. The van der Waals surface area contributed by atoms with Crippen LogP contribution in [0.15, 0.2) is 0 Å². The van der Waals surface area contributed by atoms with Crippen LogP contribution < -0.4 is 0 Å². The smallest absolute Gasteiger partial charge is 0.233 e. The molecule has 0 aromatic rings. The number of hydrogen-bond acceptors (Lipinski definition) is 3. The number of rotatable bonds is 5. The van der Waals surface area contributed by atoms with Crippen molar-refractivity contribution < 1.29 is 14.7 Å². The molecule has 1 heterocycles. The molecular weight excluding hydrogens is 230 g/mol. The van der Waals surface area contributed by atoms with Gasteiger partial charge in [-0.15, -0.1) is 0 Å². The normalized spacial score (nSPS) is 29.6. The summed E-state index contributed by atoms with van der Waals surface area (Å²) in [5.74, 6) is 0.237. The fourth-order valence-corrected chi connectivity index (χ4v) is 3.28. The molecule has 0 radical (unpaired) electrons. The van der Waals surface area contributed by atoms with Crippen LogP contribution in [0.1, 0.15) is 45.4 Å². The Labute approximate surface area is 108 Å². The number of likely N-dealkylation sites (tertiary alicyclic amines) is 1. The maximum atomic E-state index is 12.2. The first-order valence-corrected chi connectivity index (χ1v) is 7.15. The van der Waals surface area contributed by atoms with E-state index in [9.17, 15) is 9.59 Å². The Kier molecular flexibility index (Phi) is 4.38. The van der Waals surface area contributed by atoms with Gasteiger partial charge < -0.3 is 5.11 Å². The molecule has 3 atom stereocenters. The molecule has 2 rings (SSSR count). The van der Waals surface area contributed by atoms with Crippen molar-refractivity contribution in [1.82, 2.24) is 4.90 Å². The molecule has 18 heavy (non-hydrogen) atoms. The number of aliphatic hydroxyl groups is 1. The van der Waals surface area contributed by atoms with Crippen LogP contribution in [-0.2, 0) is 9.59 Å². The van der Waals surface area contributed by atoms with Crippen LogP contribution in [0, 0.1) is 17.8 Å². The molecule has 1 saturated heterocycles. The van der Waals surface area contributed by atoms with Crippen molar-refractivity contribution in [2.24, 2.45) is 17.8 Å². The quantitative estimate of drug-likeness (QED) is 0.757. The fraction of sp³-hybridized carbons (Fsp3) is 0.857. The summed E-state index contributed by atoms with van der Waals surface area (Å²) in [5, 5.41) is 8.99. The van der Waals surface area contributed by atoms with E-state index in [1.807, 2.05) is 6.92 Å². The highest BCUT2D eigenvalue weighted by atomic mass is 16.3. The molecule has 4 heteroatoms. The summed E-state index contributed by atoms with van der Waals surface area (Å²) in [6.45, 7) is 2.67. The standard InChI is InChI=1S/C14H23NO3/c1-2-10(7-8-16)9-15-13(17)11-5-3-4-6-12(11)14(15)18/h10-12,16H,2-9H2,1H3. The Morgan fingerprint density at radius 1 is 1.22 bits per heavy atom. The average molecular weight is 253 g/mol. The summed E-state index contributed by atoms with van der Waals surface area (Å²) in [6, 6.07) is 0. The molecule has 0 spiro atoms. The van der Waals surface area contributed by atoms with Gasteiger partial charge in [0.25, 0.3) is 0 Å². The molecule has 0 bridgehead atoms. The number of carbonyl (C=O) groups excluding carboxylic acids is 2. The molecule has 0 aromatic heterocycles. The zero-order valence-corrected chi connectivity index (χ0v) is 11.1. The molecular formula is C14H23NO3. The minimum Gasteiger partial charge on any atom is -0.396 e. The third-order valence-electron chi connectivity index (χ3n) is 4.49. The van der Waals surface area contributed by atoms with Gasteiger partial charge in [-0.25, -0.2) is 0 Å². The van der Waals surface area contributed by atoms with Crippen molar-refractivity contribution in [1.29, 1.82) is 0 Å². The van der Waals surface area contributed by atoms with Gasteiger partial charge in [-0.2, -0.15) is 0 Å². The summed E-state index contributed by atoms with van der Waals surface area (Å²) in [5.41, 5.74) is 0. The van der Waals surface area contributed by atoms with Crippen LogP contribution in [0.4, 0.5) is 0 Å². The van der Waals surface area contributed by atoms with Gasteiger partial charge in [-0.3, -0.25) is 14.5 Å². The first-order chi connectivity index (χ1) is 8.69. The number of aliphatic hydroxyl groups excluding tert-OH is 1. The lowest BCUT2D eigenvalue weighted by molar-refractivity contribution is -0.140. The predicted octanol–water partition coefficient (Wildman–Crippen LogP) is 1.57. The van der Waals surface area contributed by atoms with Gasteiger partial charge >= 0.3 is 0 Å². The molecule has 1 N–H and O–H groups in total. The monoisotopic (exact) mass is 253 g/mol. The molecule has 1 aliphatic carbocycles. The second-order valence-corrected chi connectivity index (χ2v) is 5.57. The van der Waals surface area contributed by atoms with Gasteiger partial charge in [0.05, 0.1) is 11.8 Å². The average Bonchev–Trinajstić information content (AvgIpc) is 2.64. The topological polar surface area (TPSA) is 57.6 Å². The number of carbonyl (C=O) groups is 2. The van der Waals surface area contributed by atoms with Crippen molar-refractivity contribution in [3.8, 4) is 0 Å². The Morgan fingerprint density at radius 2 is 1.78 bits per heavy atom. The van der Waals surface area contributed by atoms with Crippen LogP contribution in [-0.4, -0.2) is 35.0 Å². The highest BCUT2D eigenvalue weighted by Gasteiger charge is 2.48.